The molecule has 270 valence electrons. The number of pyridine rings is 2. The van der Waals surface area contributed by atoms with Crippen molar-refractivity contribution < 1.29 is 27.9 Å². The van der Waals surface area contributed by atoms with Crippen LogP contribution in [-0.4, -0.2) is 60.5 Å². The molecule has 0 atom stereocenters. The van der Waals surface area contributed by atoms with Crippen molar-refractivity contribution in [2.75, 3.05) is 53.3 Å². The van der Waals surface area contributed by atoms with Crippen LogP contribution in [0, 0.1) is 30.9 Å². The van der Waals surface area contributed by atoms with Gasteiger partial charge in [-0.25, -0.2) is 13.8 Å². The number of fused-ring (bicyclic) bond motifs is 3. The Balaban J connectivity index is 0.989. The molecule has 2 fully saturated rings. The van der Waals surface area contributed by atoms with Crippen molar-refractivity contribution in [2.24, 2.45) is 5.41 Å². The lowest BCUT2D eigenvalue weighted by molar-refractivity contribution is -0.000519. The molecule has 3 aliphatic heterocycles. The van der Waals surface area contributed by atoms with Crippen molar-refractivity contribution in [2.45, 2.75) is 33.1 Å². The molecule has 0 saturated carbocycles. The summed E-state index contributed by atoms with van der Waals surface area (Å²) in [7, 11) is 0. The minimum atomic E-state index is -0.868. The number of carbonyl (C=O) groups is 3. The van der Waals surface area contributed by atoms with Crippen molar-refractivity contribution in [1.29, 1.82) is 0 Å². The van der Waals surface area contributed by atoms with E-state index in [2.05, 4.69) is 20.5 Å². The predicted molar refractivity (Wildman–Crippen MR) is 200 cm³/mol. The molecule has 53 heavy (non-hydrogen) atoms. The number of rotatable bonds is 6. The van der Waals surface area contributed by atoms with Gasteiger partial charge in [0, 0.05) is 61.4 Å². The second-order valence-electron chi connectivity index (χ2n) is 13.9. The third-order valence-corrected chi connectivity index (χ3v) is 11.3. The van der Waals surface area contributed by atoms with Crippen LogP contribution >= 0.6 is 11.3 Å². The van der Waals surface area contributed by atoms with Gasteiger partial charge < -0.3 is 25.2 Å². The molecule has 8 rings (SSSR count). The van der Waals surface area contributed by atoms with Crippen LogP contribution in [0.2, 0.25) is 0 Å². The first-order valence-corrected chi connectivity index (χ1v) is 18.3. The Hall–Kier alpha value is -5.53. The minimum Gasteiger partial charge on any atom is -0.381 e. The van der Waals surface area contributed by atoms with Gasteiger partial charge in [-0.1, -0.05) is 6.07 Å². The zero-order valence-electron chi connectivity index (χ0n) is 29.2. The average Bonchev–Trinajstić information content (AvgIpc) is 3.50. The number of carbonyl (C=O) groups excluding carboxylic acids is 3. The maximum absolute atomic E-state index is 14.2. The Kier molecular flexibility index (Phi) is 8.99. The van der Waals surface area contributed by atoms with Crippen LogP contribution in [0.5, 0.6) is 0 Å². The molecule has 2 N–H and O–H groups in total. The van der Waals surface area contributed by atoms with Gasteiger partial charge in [0.25, 0.3) is 17.7 Å². The van der Waals surface area contributed by atoms with E-state index in [1.54, 1.807) is 41.4 Å². The number of aromatic nitrogens is 2. The van der Waals surface area contributed by atoms with Crippen LogP contribution in [-0.2, 0) is 11.2 Å². The van der Waals surface area contributed by atoms with Crippen molar-refractivity contribution in [3.63, 3.8) is 0 Å². The predicted octanol–water partition coefficient (Wildman–Crippen LogP) is 7.42. The highest BCUT2D eigenvalue weighted by molar-refractivity contribution is 7.17. The van der Waals surface area contributed by atoms with Gasteiger partial charge in [0.15, 0.2) is 0 Å². The highest BCUT2D eigenvalue weighted by atomic mass is 32.1. The number of nitrogens with zero attached hydrogens (tertiary/aromatic N) is 4. The summed E-state index contributed by atoms with van der Waals surface area (Å²) in [5, 5.41) is 5.34. The number of hydrogen-bond donors (Lipinski definition) is 2. The van der Waals surface area contributed by atoms with Crippen LogP contribution in [0.3, 0.4) is 0 Å². The molecule has 6 heterocycles. The lowest BCUT2D eigenvalue weighted by atomic mass is 9.73. The second-order valence-corrected chi connectivity index (χ2v) is 15.0. The molecule has 1 spiro atoms. The number of amides is 3. The number of para-hydroxylation sites is 1. The van der Waals surface area contributed by atoms with E-state index in [4.69, 9.17) is 9.72 Å². The largest absolute Gasteiger partial charge is 0.381 e. The van der Waals surface area contributed by atoms with E-state index < -0.39 is 23.2 Å². The number of halogens is 2. The van der Waals surface area contributed by atoms with Crippen molar-refractivity contribution in [3.8, 4) is 10.6 Å². The normalized spacial score (nSPS) is 15.9. The van der Waals surface area contributed by atoms with Crippen LogP contribution in [0.15, 0.2) is 72.9 Å². The van der Waals surface area contributed by atoms with Gasteiger partial charge in [-0.3, -0.25) is 19.4 Å². The van der Waals surface area contributed by atoms with Gasteiger partial charge in [0.05, 0.1) is 21.0 Å². The molecule has 5 aromatic rings. The summed E-state index contributed by atoms with van der Waals surface area (Å²) in [5.41, 5.74) is 4.78. The molecular formula is C40H36F2N6O4S. The first-order valence-electron chi connectivity index (χ1n) is 17.5. The Morgan fingerprint density at radius 1 is 0.906 bits per heavy atom. The zero-order valence-corrected chi connectivity index (χ0v) is 30.0. The summed E-state index contributed by atoms with van der Waals surface area (Å²) in [6, 6.07) is 17.4. The van der Waals surface area contributed by atoms with Crippen LogP contribution in [0.4, 0.5) is 31.7 Å². The number of ether oxygens (including phenoxy) is 1. The van der Waals surface area contributed by atoms with E-state index in [-0.39, 0.29) is 22.1 Å². The van der Waals surface area contributed by atoms with Crippen molar-refractivity contribution in [3.05, 3.63) is 117 Å². The first kappa shape index (κ1) is 34.6. The van der Waals surface area contributed by atoms with E-state index in [9.17, 15) is 23.2 Å². The van der Waals surface area contributed by atoms with E-state index in [0.717, 1.165) is 79.4 Å². The summed E-state index contributed by atoms with van der Waals surface area (Å²) in [6.45, 7) is 7.33. The fraction of sp³-hybridized carbons (Fsp3) is 0.275. The molecule has 2 aromatic carbocycles. The van der Waals surface area contributed by atoms with Crippen molar-refractivity contribution >= 4 is 51.9 Å². The Bertz CT molecular complexity index is 2240. The van der Waals surface area contributed by atoms with E-state index in [0.29, 0.717) is 51.9 Å². The SMILES string of the molecule is Cc1cnc2c(c1)N(C(=O)c1ccc(NC(=O)c3ccc(C)nc3N3CC4(CCOCC4)C3)cc1)CCc1cc(C(=O)Nc3c(F)cccc3F)sc1-2. The summed E-state index contributed by atoms with van der Waals surface area (Å²) in [6.07, 6.45) is 4.14. The number of thiophene rings is 1. The fourth-order valence-electron chi connectivity index (χ4n) is 7.26. The summed E-state index contributed by atoms with van der Waals surface area (Å²) in [4.78, 5) is 55.0. The summed E-state index contributed by atoms with van der Waals surface area (Å²) >= 11 is 1.16. The van der Waals surface area contributed by atoms with Gasteiger partial charge in [0.2, 0.25) is 0 Å². The molecule has 0 radical (unpaired) electrons. The smallest absolute Gasteiger partial charge is 0.265 e. The monoisotopic (exact) mass is 734 g/mol. The quantitative estimate of drug-likeness (QED) is 0.187. The maximum Gasteiger partial charge on any atom is 0.265 e. The number of benzene rings is 2. The molecule has 3 aromatic heterocycles. The summed E-state index contributed by atoms with van der Waals surface area (Å²) in [5.74, 6) is -2.22. The Morgan fingerprint density at radius 3 is 2.38 bits per heavy atom. The molecule has 13 heteroatoms. The van der Waals surface area contributed by atoms with E-state index >= 15 is 0 Å². The molecule has 3 amide bonds. The molecule has 0 bridgehead atoms. The number of nitrogens with one attached hydrogen (secondary N) is 2. The standard InChI is InChI=1S/C40H36F2N6O4S/c1-23-18-31-34(43-20-23)35-26(19-32(53-35)38(50)46-33-29(41)4-3-5-30(33)42)12-15-48(31)39(51)25-7-9-27(10-8-25)45-37(49)28-11-6-24(2)44-36(28)47-21-40(22-47)13-16-52-17-14-40/h3-11,18-20H,12-17,21-22H2,1-2H3,(H,45,49)(H,46,50). The van der Waals surface area contributed by atoms with Gasteiger partial charge in [-0.2, -0.15) is 0 Å². The van der Waals surface area contributed by atoms with Crippen LogP contribution in [0.1, 0.15) is 60.1 Å². The fourth-order valence-corrected chi connectivity index (χ4v) is 8.37. The number of anilines is 4. The first-order chi connectivity index (χ1) is 25.6. The number of aryl methyl sites for hydroxylation is 2. The topological polar surface area (TPSA) is 117 Å². The Labute approximate surface area is 308 Å². The second kappa shape index (κ2) is 13.8. The number of hydrogen-bond acceptors (Lipinski definition) is 8. The van der Waals surface area contributed by atoms with E-state index in [1.165, 1.54) is 6.07 Å². The molecule has 10 nitrogen and oxygen atoms in total. The summed E-state index contributed by atoms with van der Waals surface area (Å²) < 4.78 is 34.1. The zero-order chi connectivity index (χ0) is 36.9. The lowest BCUT2D eigenvalue weighted by Gasteiger charge is -2.53. The third kappa shape index (κ3) is 6.66. The molecule has 3 aliphatic rings. The van der Waals surface area contributed by atoms with Crippen LogP contribution < -0.4 is 20.4 Å². The van der Waals surface area contributed by atoms with Crippen LogP contribution in [0.25, 0.3) is 10.6 Å². The van der Waals surface area contributed by atoms with Gasteiger partial charge in [0.1, 0.15) is 28.8 Å². The van der Waals surface area contributed by atoms with Crippen molar-refractivity contribution in [1.82, 2.24) is 9.97 Å². The van der Waals surface area contributed by atoms with Gasteiger partial charge in [-0.05, 0) is 105 Å². The third-order valence-electron chi connectivity index (χ3n) is 10.1. The maximum atomic E-state index is 14.2. The molecule has 0 aliphatic carbocycles. The Morgan fingerprint density at radius 2 is 1.64 bits per heavy atom. The highest BCUT2D eigenvalue weighted by Crippen LogP contribution is 2.43. The molecule has 2 saturated heterocycles. The average molecular weight is 735 g/mol. The van der Waals surface area contributed by atoms with Gasteiger partial charge in [-0.15, -0.1) is 11.3 Å². The molecular weight excluding hydrogens is 699 g/mol. The lowest BCUT2D eigenvalue weighted by Crippen LogP contribution is -2.59. The van der Waals surface area contributed by atoms with E-state index in [1.807, 2.05) is 32.0 Å². The van der Waals surface area contributed by atoms with Gasteiger partial charge >= 0.3 is 0 Å². The minimum absolute atomic E-state index is 0.222. The molecule has 0 unspecified atom stereocenters. The highest BCUT2D eigenvalue weighted by Gasteiger charge is 2.45.